The molecule has 0 saturated carbocycles. The van der Waals surface area contributed by atoms with Gasteiger partial charge in [-0.25, -0.2) is 4.98 Å². The Morgan fingerprint density at radius 3 is 2.75 bits per heavy atom. The van der Waals surface area contributed by atoms with Crippen molar-refractivity contribution in [2.24, 2.45) is 0 Å². The second kappa shape index (κ2) is 5.49. The Kier molecular flexibility index (Phi) is 3.71. The molecule has 1 N–H and O–H groups in total. The fourth-order valence-corrected chi connectivity index (χ4v) is 3.67. The zero-order valence-electron chi connectivity index (χ0n) is 11.5. The molecule has 2 aliphatic rings. The third kappa shape index (κ3) is 2.69. The quantitative estimate of drug-likeness (QED) is 0.774. The summed E-state index contributed by atoms with van der Waals surface area (Å²) in [6.45, 7) is 3.22. The number of hydrogen-bond donors (Lipinski definition) is 1. The van der Waals surface area contributed by atoms with E-state index in [9.17, 15) is 9.59 Å². The van der Waals surface area contributed by atoms with Crippen LogP contribution >= 0.6 is 11.3 Å². The fraction of sp³-hybridized carbons (Fsp3) is 0.615. The van der Waals surface area contributed by atoms with Crippen LogP contribution in [-0.4, -0.2) is 53.3 Å². The van der Waals surface area contributed by atoms with Crippen molar-refractivity contribution in [3.8, 4) is 0 Å². The second-order valence-corrected chi connectivity index (χ2v) is 6.41. The molecule has 1 fully saturated rings. The number of thiazole rings is 1. The molecular weight excluding hydrogens is 276 g/mol. The maximum atomic E-state index is 11.9. The summed E-state index contributed by atoms with van der Waals surface area (Å²) in [5, 5.41) is 3.19. The number of fused-ring (bicyclic) bond motifs is 1. The highest BCUT2D eigenvalue weighted by molar-refractivity contribution is 7.16. The van der Waals surface area contributed by atoms with Gasteiger partial charge in [-0.1, -0.05) is 0 Å². The third-order valence-electron chi connectivity index (χ3n) is 3.73. The van der Waals surface area contributed by atoms with E-state index >= 15 is 0 Å². The van der Waals surface area contributed by atoms with Crippen LogP contribution in [0.5, 0.6) is 0 Å². The van der Waals surface area contributed by atoms with Crippen LogP contribution in [0, 0.1) is 0 Å². The summed E-state index contributed by atoms with van der Waals surface area (Å²) in [4.78, 5) is 33.3. The lowest BCUT2D eigenvalue weighted by Crippen LogP contribution is -2.37. The van der Waals surface area contributed by atoms with Gasteiger partial charge in [-0.2, -0.15) is 0 Å². The topological polar surface area (TPSA) is 65.5 Å². The van der Waals surface area contributed by atoms with Gasteiger partial charge in [0.2, 0.25) is 0 Å². The minimum atomic E-state index is -0.564. The molecule has 0 radical (unpaired) electrons. The van der Waals surface area contributed by atoms with Crippen molar-refractivity contribution in [3.05, 3.63) is 10.6 Å². The molecule has 20 heavy (non-hydrogen) atoms. The van der Waals surface area contributed by atoms with Crippen LogP contribution in [0.25, 0.3) is 0 Å². The standard InChI is InChI=1S/C13H18N4O2S/c1-16-7-4-9-10(8-16)20-13(14-9)15-11(18)12(19)17-5-2-3-6-17/h2-8H2,1H3,(H,14,15,18). The van der Waals surface area contributed by atoms with Gasteiger partial charge in [0.1, 0.15) is 0 Å². The molecular formula is C13H18N4O2S. The fourth-order valence-electron chi connectivity index (χ4n) is 2.59. The minimum absolute atomic E-state index is 0.437. The summed E-state index contributed by atoms with van der Waals surface area (Å²) in [5.41, 5.74) is 1.05. The first-order valence-electron chi connectivity index (χ1n) is 6.91. The molecule has 0 unspecified atom stereocenters. The van der Waals surface area contributed by atoms with Crippen molar-refractivity contribution in [2.45, 2.75) is 25.8 Å². The zero-order chi connectivity index (χ0) is 14.1. The number of amides is 2. The molecule has 1 aromatic heterocycles. The number of nitrogens with one attached hydrogen (secondary N) is 1. The minimum Gasteiger partial charge on any atom is -0.334 e. The van der Waals surface area contributed by atoms with E-state index in [4.69, 9.17) is 0 Å². The number of carbonyl (C=O) groups is 2. The van der Waals surface area contributed by atoms with Crippen molar-refractivity contribution in [1.82, 2.24) is 14.8 Å². The van der Waals surface area contributed by atoms with Crippen LogP contribution in [0.4, 0.5) is 5.13 Å². The van der Waals surface area contributed by atoms with Crippen LogP contribution in [-0.2, 0) is 22.6 Å². The maximum Gasteiger partial charge on any atom is 0.315 e. The molecule has 7 heteroatoms. The van der Waals surface area contributed by atoms with Crippen LogP contribution in [0.2, 0.25) is 0 Å². The van der Waals surface area contributed by atoms with E-state index in [0.29, 0.717) is 18.2 Å². The van der Waals surface area contributed by atoms with Crippen molar-refractivity contribution in [3.63, 3.8) is 0 Å². The van der Waals surface area contributed by atoms with Gasteiger partial charge in [0.15, 0.2) is 5.13 Å². The average Bonchev–Trinajstić information content (AvgIpc) is 3.05. The summed E-state index contributed by atoms with van der Waals surface area (Å²) in [7, 11) is 2.07. The second-order valence-electron chi connectivity index (χ2n) is 5.33. The van der Waals surface area contributed by atoms with Gasteiger partial charge in [0, 0.05) is 37.5 Å². The number of rotatable bonds is 1. The summed E-state index contributed by atoms with van der Waals surface area (Å²) in [6, 6.07) is 0. The Hall–Kier alpha value is -1.47. The molecule has 0 aliphatic carbocycles. The molecule has 108 valence electrons. The zero-order valence-corrected chi connectivity index (χ0v) is 12.3. The first kappa shape index (κ1) is 13.5. The predicted octanol–water partition coefficient (Wildman–Crippen LogP) is 0.692. The SMILES string of the molecule is CN1CCc2nc(NC(=O)C(=O)N3CCCC3)sc2C1. The molecule has 0 aromatic carbocycles. The Morgan fingerprint density at radius 1 is 1.25 bits per heavy atom. The molecule has 2 aliphatic heterocycles. The van der Waals surface area contributed by atoms with Crippen LogP contribution in [0.15, 0.2) is 0 Å². The van der Waals surface area contributed by atoms with Crippen molar-refractivity contribution in [2.75, 3.05) is 32.0 Å². The molecule has 6 nitrogen and oxygen atoms in total. The Labute approximate surface area is 121 Å². The first-order valence-corrected chi connectivity index (χ1v) is 7.72. The Balaban J connectivity index is 1.65. The lowest BCUT2D eigenvalue weighted by atomic mass is 10.2. The average molecular weight is 294 g/mol. The number of nitrogens with zero attached hydrogens (tertiary/aromatic N) is 3. The van der Waals surface area contributed by atoms with Gasteiger partial charge in [0.05, 0.1) is 5.69 Å². The van der Waals surface area contributed by atoms with E-state index < -0.39 is 11.8 Å². The smallest absolute Gasteiger partial charge is 0.315 e. The van der Waals surface area contributed by atoms with Gasteiger partial charge in [-0.3, -0.25) is 14.9 Å². The molecule has 3 rings (SSSR count). The lowest BCUT2D eigenvalue weighted by molar-refractivity contribution is -0.142. The molecule has 0 atom stereocenters. The van der Waals surface area contributed by atoms with E-state index in [-0.39, 0.29) is 0 Å². The van der Waals surface area contributed by atoms with Crippen LogP contribution < -0.4 is 5.32 Å². The van der Waals surface area contributed by atoms with Gasteiger partial charge in [-0.05, 0) is 19.9 Å². The van der Waals surface area contributed by atoms with Crippen molar-refractivity contribution >= 4 is 28.3 Å². The molecule has 2 amide bonds. The Morgan fingerprint density at radius 2 is 2.00 bits per heavy atom. The molecule has 3 heterocycles. The number of hydrogen-bond acceptors (Lipinski definition) is 5. The predicted molar refractivity (Wildman–Crippen MR) is 76.6 cm³/mol. The van der Waals surface area contributed by atoms with Gasteiger partial charge >= 0.3 is 11.8 Å². The number of carbonyl (C=O) groups excluding carboxylic acids is 2. The number of likely N-dealkylation sites (N-methyl/N-ethyl adjacent to an activating group) is 1. The summed E-state index contributed by atoms with van der Waals surface area (Å²) < 4.78 is 0. The van der Waals surface area contributed by atoms with E-state index in [1.54, 1.807) is 4.90 Å². The Bertz CT molecular complexity index is 536. The van der Waals surface area contributed by atoms with Crippen LogP contribution in [0.3, 0.4) is 0 Å². The molecule has 1 aromatic rings. The first-order chi connectivity index (χ1) is 9.63. The van der Waals surface area contributed by atoms with E-state index in [2.05, 4.69) is 22.2 Å². The number of likely N-dealkylation sites (tertiary alicyclic amines) is 1. The van der Waals surface area contributed by atoms with Crippen molar-refractivity contribution in [1.29, 1.82) is 0 Å². The normalized spacial score (nSPS) is 18.9. The van der Waals surface area contributed by atoms with Gasteiger partial charge in [-0.15, -0.1) is 11.3 Å². The van der Waals surface area contributed by atoms with E-state index in [1.165, 1.54) is 16.2 Å². The third-order valence-corrected chi connectivity index (χ3v) is 4.73. The highest BCUT2D eigenvalue weighted by atomic mass is 32.1. The highest BCUT2D eigenvalue weighted by Crippen LogP contribution is 2.27. The largest absolute Gasteiger partial charge is 0.334 e. The molecule has 0 bridgehead atoms. The highest BCUT2D eigenvalue weighted by Gasteiger charge is 2.26. The van der Waals surface area contributed by atoms with E-state index in [1.807, 2.05) is 0 Å². The monoisotopic (exact) mass is 294 g/mol. The number of anilines is 1. The molecule has 1 saturated heterocycles. The van der Waals surface area contributed by atoms with Gasteiger partial charge < -0.3 is 9.80 Å². The van der Waals surface area contributed by atoms with Crippen molar-refractivity contribution < 1.29 is 9.59 Å². The summed E-state index contributed by atoms with van der Waals surface area (Å²) in [5.74, 6) is -1.00. The summed E-state index contributed by atoms with van der Waals surface area (Å²) in [6.07, 6.45) is 2.87. The lowest BCUT2D eigenvalue weighted by Gasteiger charge is -2.20. The molecule has 0 spiro atoms. The summed E-state index contributed by atoms with van der Waals surface area (Å²) >= 11 is 1.47. The number of aromatic nitrogens is 1. The van der Waals surface area contributed by atoms with E-state index in [0.717, 1.165) is 38.0 Å². The van der Waals surface area contributed by atoms with Gasteiger partial charge in [0.25, 0.3) is 0 Å². The maximum absolute atomic E-state index is 11.9. The van der Waals surface area contributed by atoms with Crippen LogP contribution in [0.1, 0.15) is 23.4 Å².